The van der Waals surface area contributed by atoms with Crippen LogP contribution in [0.15, 0.2) is 48.5 Å². The van der Waals surface area contributed by atoms with Crippen molar-refractivity contribution in [2.45, 2.75) is 0 Å². The van der Waals surface area contributed by atoms with Gasteiger partial charge in [0.2, 0.25) is 0 Å². The summed E-state index contributed by atoms with van der Waals surface area (Å²) in [6.45, 7) is 1.75. The number of hydrogen-bond donors (Lipinski definition) is 1. The molecule has 0 aliphatic rings. The summed E-state index contributed by atoms with van der Waals surface area (Å²) in [6, 6.07) is 13.0. The molecule has 0 aliphatic carbocycles. The van der Waals surface area contributed by atoms with Crippen LogP contribution >= 0.6 is 0 Å². The van der Waals surface area contributed by atoms with Crippen LogP contribution in [0.3, 0.4) is 0 Å². The molecule has 0 heterocycles. The maximum absolute atomic E-state index is 12.5. The minimum atomic E-state index is -0.0638. The number of ether oxygens (including phenoxy) is 2. The van der Waals surface area contributed by atoms with Crippen LogP contribution in [0.25, 0.3) is 6.08 Å². The number of rotatable bonds is 9. The van der Waals surface area contributed by atoms with Crippen LogP contribution in [0.5, 0.6) is 11.5 Å². The van der Waals surface area contributed by atoms with E-state index in [4.69, 9.17) is 9.47 Å². The van der Waals surface area contributed by atoms with E-state index in [2.05, 4.69) is 10.2 Å². The predicted molar refractivity (Wildman–Crippen MR) is 106 cm³/mol. The zero-order valence-corrected chi connectivity index (χ0v) is 15.8. The van der Waals surface area contributed by atoms with Crippen LogP contribution in [-0.2, 0) is 0 Å². The van der Waals surface area contributed by atoms with Gasteiger partial charge in [-0.2, -0.15) is 0 Å². The summed E-state index contributed by atoms with van der Waals surface area (Å²) in [5, 5.41) is 3.32. The molecule has 0 fully saturated rings. The molecule has 5 nitrogen and oxygen atoms in total. The zero-order chi connectivity index (χ0) is 18.9. The Kier molecular flexibility index (Phi) is 7.24. The maximum Gasteiger partial charge on any atom is 0.185 e. The molecule has 0 atom stereocenters. The normalized spacial score (nSPS) is 11.0. The van der Waals surface area contributed by atoms with Gasteiger partial charge in [-0.25, -0.2) is 0 Å². The SMILES string of the molecule is COc1ccc(OC)c(C=CC(=O)c2cccc(NCCN(C)C)c2)c1. The highest BCUT2D eigenvalue weighted by Crippen LogP contribution is 2.25. The number of carbonyl (C=O) groups is 1. The lowest BCUT2D eigenvalue weighted by Crippen LogP contribution is -2.20. The van der Waals surface area contributed by atoms with Crippen LogP contribution in [-0.4, -0.2) is 52.1 Å². The van der Waals surface area contributed by atoms with Gasteiger partial charge in [-0.1, -0.05) is 12.1 Å². The lowest BCUT2D eigenvalue weighted by atomic mass is 10.1. The van der Waals surface area contributed by atoms with Crippen molar-refractivity contribution < 1.29 is 14.3 Å². The number of methoxy groups -OCH3 is 2. The molecule has 0 spiro atoms. The van der Waals surface area contributed by atoms with Gasteiger partial charge in [-0.3, -0.25) is 4.79 Å². The van der Waals surface area contributed by atoms with E-state index in [-0.39, 0.29) is 5.78 Å². The minimum absolute atomic E-state index is 0.0638. The third kappa shape index (κ3) is 5.63. The van der Waals surface area contributed by atoms with Crippen molar-refractivity contribution in [1.29, 1.82) is 0 Å². The predicted octanol–water partition coefficient (Wildman–Crippen LogP) is 3.57. The van der Waals surface area contributed by atoms with E-state index in [9.17, 15) is 4.79 Å². The summed E-state index contributed by atoms with van der Waals surface area (Å²) in [6.07, 6.45) is 3.30. The van der Waals surface area contributed by atoms with Crippen LogP contribution in [0, 0.1) is 0 Å². The first-order valence-electron chi connectivity index (χ1n) is 8.46. The van der Waals surface area contributed by atoms with Crippen molar-refractivity contribution in [3.05, 3.63) is 59.7 Å². The zero-order valence-electron chi connectivity index (χ0n) is 15.8. The van der Waals surface area contributed by atoms with Crippen molar-refractivity contribution >= 4 is 17.5 Å². The maximum atomic E-state index is 12.5. The van der Waals surface area contributed by atoms with E-state index < -0.39 is 0 Å². The van der Waals surface area contributed by atoms with Crippen molar-refractivity contribution in [2.24, 2.45) is 0 Å². The smallest absolute Gasteiger partial charge is 0.185 e. The average Bonchev–Trinajstić information content (AvgIpc) is 2.65. The van der Waals surface area contributed by atoms with Gasteiger partial charge in [0.25, 0.3) is 0 Å². The molecule has 0 radical (unpaired) electrons. The van der Waals surface area contributed by atoms with E-state index in [1.165, 1.54) is 0 Å². The Morgan fingerprint density at radius 3 is 2.62 bits per heavy atom. The number of carbonyl (C=O) groups excluding carboxylic acids is 1. The summed E-state index contributed by atoms with van der Waals surface area (Å²) in [7, 11) is 7.26. The van der Waals surface area contributed by atoms with Gasteiger partial charge < -0.3 is 19.7 Å². The van der Waals surface area contributed by atoms with Crippen molar-refractivity contribution in [1.82, 2.24) is 4.90 Å². The molecule has 2 aromatic carbocycles. The number of anilines is 1. The van der Waals surface area contributed by atoms with Crippen molar-refractivity contribution in [3.8, 4) is 11.5 Å². The average molecular weight is 354 g/mol. The number of allylic oxidation sites excluding steroid dienone is 1. The number of hydrogen-bond acceptors (Lipinski definition) is 5. The van der Waals surface area contributed by atoms with E-state index in [1.54, 1.807) is 26.4 Å². The molecule has 0 saturated heterocycles. The minimum Gasteiger partial charge on any atom is -0.497 e. The first-order chi connectivity index (χ1) is 12.5. The molecule has 0 unspecified atom stereocenters. The van der Waals surface area contributed by atoms with Crippen molar-refractivity contribution in [2.75, 3.05) is 46.7 Å². The highest BCUT2D eigenvalue weighted by Gasteiger charge is 2.06. The third-order valence-corrected chi connectivity index (χ3v) is 3.89. The summed E-state index contributed by atoms with van der Waals surface area (Å²) < 4.78 is 10.6. The van der Waals surface area contributed by atoms with Gasteiger partial charge in [0.15, 0.2) is 5.78 Å². The summed E-state index contributed by atoms with van der Waals surface area (Å²) >= 11 is 0. The Labute approximate surface area is 155 Å². The van der Waals surface area contributed by atoms with Gasteiger partial charge >= 0.3 is 0 Å². The molecule has 2 aromatic rings. The second-order valence-electron chi connectivity index (χ2n) is 6.12. The van der Waals surface area contributed by atoms with E-state index in [0.29, 0.717) is 17.1 Å². The van der Waals surface area contributed by atoms with Gasteiger partial charge in [-0.15, -0.1) is 0 Å². The fourth-order valence-corrected chi connectivity index (χ4v) is 2.44. The molecule has 0 aliphatic heterocycles. The number of nitrogens with zero attached hydrogens (tertiary/aromatic N) is 1. The van der Waals surface area contributed by atoms with Gasteiger partial charge in [0, 0.05) is 29.9 Å². The topological polar surface area (TPSA) is 50.8 Å². The Hall–Kier alpha value is -2.79. The quantitative estimate of drug-likeness (QED) is 0.551. The number of benzene rings is 2. The fourth-order valence-electron chi connectivity index (χ4n) is 2.44. The Balaban J connectivity index is 2.11. The Morgan fingerprint density at radius 1 is 1.12 bits per heavy atom. The second kappa shape index (κ2) is 9.63. The van der Waals surface area contributed by atoms with Crippen molar-refractivity contribution in [3.63, 3.8) is 0 Å². The highest BCUT2D eigenvalue weighted by molar-refractivity contribution is 6.07. The van der Waals surface area contributed by atoms with Crippen LogP contribution in [0.1, 0.15) is 15.9 Å². The molecule has 138 valence electrons. The van der Waals surface area contributed by atoms with Crippen LogP contribution in [0.2, 0.25) is 0 Å². The molecule has 0 saturated carbocycles. The second-order valence-corrected chi connectivity index (χ2v) is 6.12. The summed E-state index contributed by atoms with van der Waals surface area (Å²) in [4.78, 5) is 14.6. The van der Waals surface area contributed by atoms with E-state index in [1.807, 2.05) is 56.6 Å². The van der Waals surface area contributed by atoms with E-state index in [0.717, 1.165) is 24.3 Å². The van der Waals surface area contributed by atoms with E-state index >= 15 is 0 Å². The Morgan fingerprint density at radius 2 is 1.92 bits per heavy atom. The molecule has 5 heteroatoms. The first-order valence-corrected chi connectivity index (χ1v) is 8.46. The molecule has 26 heavy (non-hydrogen) atoms. The first kappa shape index (κ1) is 19.5. The molecule has 2 rings (SSSR count). The summed E-state index contributed by atoms with van der Waals surface area (Å²) in [5.41, 5.74) is 2.36. The molecular weight excluding hydrogens is 328 g/mol. The van der Waals surface area contributed by atoms with Gasteiger partial charge in [-0.05, 0) is 56.6 Å². The molecule has 0 aromatic heterocycles. The Bertz CT molecular complexity index is 770. The molecular formula is C21H26N2O3. The molecule has 0 bridgehead atoms. The van der Waals surface area contributed by atoms with Crippen LogP contribution < -0.4 is 14.8 Å². The molecule has 0 amide bonds. The lowest BCUT2D eigenvalue weighted by Gasteiger charge is -2.11. The van der Waals surface area contributed by atoms with Crippen LogP contribution in [0.4, 0.5) is 5.69 Å². The molecule has 1 N–H and O–H groups in total. The summed E-state index contributed by atoms with van der Waals surface area (Å²) in [5.74, 6) is 1.34. The largest absolute Gasteiger partial charge is 0.497 e. The number of ketones is 1. The number of likely N-dealkylation sites (N-methyl/N-ethyl adjacent to an activating group) is 1. The monoisotopic (exact) mass is 354 g/mol. The van der Waals surface area contributed by atoms with Gasteiger partial charge in [0.1, 0.15) is 11.5 Å². The third-order valence-electron chi connectivity index (χ3n) is 3.89. The highest BCUT2D eigenvalue weighted by atomic mass is 16.5. The lowest BCUT2D eigenvalue weighted by molar-refractivity contribution is 0.104. The fraction of sp³-hybridized carbons (Fsp3) is 0.286. The standard InChI is InChI=1S/C21H26N2O3/c1-23(2)13-12-22-18-7-5-6-16(14-18)20(24)10-8-17-15-19(25-3)9-11-21(17)26-4/h5-11,14-15,22H,12-13H2,1-4H3. The van der Waals surface area contributed by atoms with Gasteiger partial charge in [0.05, 0.1) is 14.2 Å². The number of nitrogens with one attached hydrogen (secondary N) is 1.